The minimum absolute atomic E-state index is 0.797. The van der Waals surface area contributed by atoms with Gasteiger partial charge < -0.3 is 10.2 Å². The fourth-order valence-corrected chi connectivity index (χ4v) is 4.33. The van der Waals surface area contributed by atoms with Gasteiger partial charge in [0.25, 0.3) is 0 Å². The first-order valence-corrected chi connectivity index (χ1v) is 8.28. The highest BCUT2D eigenvalue weighted by Gasteiger charge is 2.35. The summed E-state index contributed by atoms with van der Waals surface area (Å²) in [6.07, 6.45) is 7.05. The van der Waals surface area contributed by atoms with E-state index in [0.717, 1.165) is 18.5 Å². The maximum Gasteiger partial charge on any atom is 0.0415 e. The standard InChI is InChI=1S/C16H23BrN2/c1-18-11-13-10-14(17)7-8-16(13)19-9-3-5-12-4-2-6-15(12)19/h7-8,10,12,15,18H,2-6,9,11H2,1H3. The lowest BCUT2D eigenvalue weighted by atomic mass is 9.91. The molecule has 1 saturated carbocycles. The molecule has 1 N–H and O–H groups in total. The van der Waals surface area contributed by atoms with Crippen molar-refractivity contribution >= 4 is 21.6 Å². The Morgan fingerprint density at radius 1 is 1.26 bits per heavy atom. The van der Waals surface area contributed by atoms with E-state index in [4.69, 9.17) is 0 Å². The molecule has 19 heavy (non-hydrogen) atoms. The van der Waals surface area contributed by atoms with Crippen molar-refractivity contribution in [3.63, 3.8) is 0 Å². The van der Waals surface area contributed by atoms with Crippen molar-refractivity contribution < 1.29 is 0 Å². The van der Waals surface area contributed by atoms with Gasteiger partial charge in [0.1, 0.15) is 0 Å². The monoisotopic (exact) mass is 322 g/mol. The van der Waals surface area contributed by atoms with Crippen LogP contribution in [-0.4, -0.2) is 19.6 Å². The van der Waals surface area contributed by atoms with Crippen molar-refractivity contribution in [2.45, 2.75) is 44.7 Å². The molecule has 3 heteroatoms. The van der Waals surface area contributed by atoms with Crippen molar-refractivity contribution in [2.24, 2.45) is 5.92 Å². The lowest BCUT2D eigenvalue weighted by Crippen LogP contribution is -2.43. The van der Waals surface area contributed by atoms with E-state index >= 15 is 0 Å². The summed E-state index contributed by atoms with van der Waals surface area (Å²) in [5.74, 6) is 0.944. The molecule has 2 atom stereocenters. The third-order valence-electron chi connectivity index (χ3n) is 4.71. The number of fused-ring (bicyclic) bond motifs is 1. The van der Waals surface area contributed by atoms with Crippen molar-refractivity contribution in [1.29, 1.82) is 0 Å². The highest BCUT2D eigenvalue weighted by Crippen LogP contribution is 2.40. The maximum absolute atomic E-state index is 3.60. The number of halogens is 1. The quantitative estimate of drug-likeness (QED) is 0.906. The van der Waals surface area contributed by atoms with E-state index in [-0.39, 0.29) is 0 Å². The summed E-state index contributed by atoms with van der Waals surface area (Å²) in [6.45, 7) is 2.18. The van der Waals surface area contributed by atoms with Crippen molar-refractivity contribution in [1.82, 2.24) is 5.32 Å². The van der Waals surface area contributed by atoms with Gasteiger partial charge in [-0.05, 0) is 62.4 Å². The van der Waals surface area contributed by atoms with E-state index in [1.807, 2.05) is 7.05 Å². The van der Waals surface area contributed by atoms with E-state index < -0.39 is 0 Å². The summed E-state index contributed by atoms with van der Waals surface area (Å²) in [5, 5.41) is 3.30. The Labute approximate surface area is 124 Å². The number of hydrogen-bond acceptors (Lipinski definition) is 2. The van der Waals surface area contributed by atoms with E-state index in [2.05, 4.69) is 44.3 Å². The fourth-order valence-electron chi connectivity index (χ4n) is 3.92. The molecule has 0 radical (unpaired) electrons. The normalized spacial score (nSPS) is 26.5. The summed E-state index contributed by atoms with van der Waals surface area (Å²) in [5.41, 5.74) is 2.87. The molecule has 0 spiro atoms. The second-order valence-electron chi connectivity index (χ2n) is 5.90. The van der Waals surface area contributed by atoms with Crippen LogP contribution in [0.15, 0.2) is 22.7 Å². The number of nitrogens with one attached hydrogen (secondary N) is 1. The van der Waals surface area contributed by atoms with Gasteiger partial charge in [-0.15, -0.1) is 0 Å². The molecule has 2 aliphatic rings. The Kier molecular flexibility index (Phi) is 4.13. The average molecular weight is 323 g/mol. The molecule has 1 aliphatic carbocycles. The number of rotatable bonds is 3. The zero-order chi connectivity index (χ0) is 13.2. The summed E-state index contributed by atoms with van der Waals surface area (Å²) < 4.78 is 1.18. The Morgan fingerprint density at radius 2 is 2.11 bits per heavy atom. The summed E-state index contributed by atoms with van der Waals surface area (Å²) in [4.78, 5) is 2.69. The SMILES string of the molecule is CNCc1cc(Br)ccc1N1CCCC2CCCC21. The van der Waals surface area contributed by atoms with Crippen LogP contribution in [0.4, 0.5) is 5.69 Å². The lowest BCUT2D eigenvalue weighted by molar-refractivity contribution is 0.362. The lowest BCUT2D eigenvalue weighted by Gasteiger charge is -2.40. The van der Waals surface area contributed by atoms with E-state index in [0.29, 0.717) is 0 Å². The zero-order valence-corrected chi connectivity index (χ0v) is 13.2. The molecule has 1 aromatic carbocycles. The first-order valence-electron chi connectivity index (χ1n) is 7.49. The van der Waals surface area contributed by atoms with Gasteiger partial charge in [-0.2, -0.15) is 0 Å². The van der Waals surface area contributed by atoms with E-state index in [1.165, 1.54) is 54.4 Å². The predicted molar refractivity (Wildman–Crippen MR) is 84.6 cm³/mol. The Balaban J connectivity index is 1.91. The summed E-state index contributed by atoms with van der Waals surface area (Å²) in [7, 11) is 2.03. The van der Waals surface area contributed by atoms with Crippen LogP contribution >= 0.6 is 15.9 Å². The molecule has 0 amide bonds. The van der Waals surface area contributed by atoms with E-state index in [9.17, 15) is 0 Å². The van der Waals surface area contributed by atoms with Crippen LogP contribution < -0.4 is 10.2 Å². The summed E-state index contributed by atoms with van der Waals surface area (Å²) >= 11 is 3.60. The molecule has 2 fully saturated rings. The molecule has 3 rings (SSSR count). The largest absolute Gasteiger partial charge is 0.368 e. The van der Waals surface area contributed by atoms with Crippen molar-refractivity contribution in [3.8, 4) is 0 Å². The molecule has 2 nitrogen and oxygen atoms in total. The Morgan fingerprint density at radius 3 is 2.95 bits per heavy atom. The molecule has 2 unspecified atom stereocenters. The van der Waals surface area contributed by atoms with Crippen LogP contribution in [0.3, 0.4) is 0 Å². The number of anilines is 1. The summed E-state index contributed by atoms with van der Waals surface area (Å²) in [6, 6.07) is 7.56. The molecule has 104 valence electrons. The van der Waals surface area contributed by atoms with Crippen molar-refractivity contribution in [3.05, 3.63) is 28.2 Å². The van der Waals surface area contributed by atoms with Gasteiger partial charge in [0, 0.05) is 29.3 Å². The minimum Gasteiger partial charge on any atom is -0.368 e. The third kappa shape index (κ3) is 2.68. The van der Waals surface area contributed by atoms with E-state index in [1.54, 1.807) is 0 Å². The average Bonchev–Trinajstić information content (AvgIpc) is 2.88. The molecule has 1 aliphatic heterocycles. The van der Waals surface area contributed by atoms with Crippen LogP contribution in [0.1, 0.15) is 37.7 Å². The van der Waals surface area contributed by atoms with Crippen LogP contribution in [0.25, 0.3) is 0 Å². The first kappa shape index (κ1) is 13.4. The predicted octanol–water partition coefficient (Wildman–Crippen LogP) is 3.94. The van der Waals surface area contributed by atoms with Gasteiger partial charge >= 0.3 is 0 Å². The van der Waals surface area contributed by atoms with Gasteiger partial charge in [0.15, 0.2) is 0 Å². The molecular formula is C16H23BrN2. The molecule has 1 aromatic rings. The number of piperidine rings is 1. The smallest absolute Gasteiger partial charge is 0.0415 e. The van der Waals surface area contributed by atoms with Crippen LogP contribution in [0.5, 0.6) is 0 Å². The zero-order valence-electron chi connectivity index (χ0n) is 11.7. The minimum atomic E-state index is 0.797. The van der Waals surface area contributed by atoms with Crippen LogP contribution in [0, 0.1) is 5.92 Å². The topological polar surface area (TPSA) is 15.3 Å². The molecule has 0 aromatic heterocycles. The third-order valence-corrected chi connectivity index (χ3v) is 5.20. The second-order valence-corrected chi connectivity index (χ2v) is 6.81. The van der Waals surface area contributed by atoms with Gasteiger partial charge in [-0.1, -0.05) is 22.4 Å². The van der Waals surface area contributed by atoms with Gasteiger partial charge in [-0.25, -0.2) is 0 Å². The highest BCUT2D eigenvalue weighted by molar-refractivity contribution is 9.10. The van der Waals surface area contributed by atoms with Crippen LogP contribution in [-0.2, 0) is 6.54 Å². The molecule has 0 bridgehead atoms. The van der Waals surface area contributed by atoms with Crippen molar-refractivity contribution in [2.75, 3.05) is 18.5 Å². The number of hydrogen-bond donors (Lipinski definition) is 1. The van der Waals surface area contributed by atoms with Gasteiger partial charge in [-0.3, -0.25) is 0 Å². The number of benzene rings is 1. The molecule has 1 heterocycles. The van der Waals surface area contributed by atoms with Crippen LogP contribution in [0.2, 0.25) is 0 Å². The van der Waals surface area contributed by atoms with Gasteiger partial charge in [0.2, 0.25) is 0 Å². The first-order chi connectivity index (χ1) is 9.29. The maximum atomic E-state index is 3.60. The molecular weight excluding hydrogens is 300 g/mol. The fraction of sp³-hybridized carbons (Fsp3) is 0.625. The Bertz CT molecular complexity index is 446. The Hall–Kier alpha value is -0.540. The van der Waals surface area contributed by atoms with Gasteiger partial charge in [0.05, 0.1) is 0 Å². The second kappa shape index (κ2) is 5.84. The number of nitrogens with zero attached hydrogens (tertiary/aromatic N) is 1. The molecule has 1 saturated heterocycles. The highest BCUT2D eigenvalue weighted by atomic mass is 79.9.